The van der Waals surface area contributed by atoms with Gasteiger partial charge in [-0.25, -0.2) is 4.79 Å². The molecule has 3 heteroatoms. The van der Waals surface area contributed by atoms with Crippen LogP contribution in [0.5, 0.6) is 0 Å². The van der Waals surface area contributed by atoms with Crippen molar-refractivity contribution in [3.63, 3.8) is 0 Å². The summed E-state index contributed by atoms with van der Waals surface area (Å²) in [6.07, 6.45) is 1.91. The summed E-state index contributed by atoms with van der Waals surface area (Å²) < 4.78 is 10.7. The van der Waals surface area contributed by atoms with Gasteiger partial charge in [0.05, 0.1) is 24.9 Å². The molecule has 0 bridgehead atoms. The van der Waals surface area contributed by atoms with Crippen molar-refractivity contribution in [2.45, 2.75) is 25.4 Å². The fourth-order valence-corrected chi connectivity index (χ4v) is 2.98. The highest BCUT2D eigenvalue weighted by atomic mass is 16.5. The Morgan fingerprint density at radius 1 is 1.39 bits per heavy atom. The summed E-state index contributed by atoms with van der Waals surface area (Å²) in [5, 5.41) is 0. The number of hydrogen-bond donors (Lipinski definition) is 0. The third kappa shape index (κ3) is 1.51. The van der Waals surface area contributed by atoms with E-state index in [2.05, 4.69) is 19.1 Å². The van der Waals surface area contributed by atoms with E-state index in [1.807, 2.05) is 12.1 Å². The molecule has 1 aromatic rings. The van der Waals surface area contributed by atoms with E-state index in [0.29, 0.717) is 12.2 Å². The smallest absolute Gasteiger partial charge is 0.336 e. The van der Waals surface area contributed by atoms with Crippen LogP contribution in [0.3, 0.4) is 0 Å². The maximum Gasteiger partial charge on any atom is 0.336 e. The molecule has 1 unspecified atom stereocenters. The average Bonchev–Trinajstić information content (AvgIpc) is 2.76. The second-order valence-electron chi connectivity index (χ2n) is 5.02. The highest BCUT2D eigenvalue weighted by Gasteiger charge is 2.44. The molecular formula is C15H16O3. The molecule has 2 aliphatic rings. The number of hydrogen-bond acceptors (Lipinski definition) is 3. The van der Waals surface area contributed by atoms with Crippen molar-refractivity contribution in [2.75, 3.05) is 13.7 Å². The third-order valence-electron chi connectivity index (χ3n) is 3.96. The molecule has 0 N–H and O–H groups in total. The van der Waals surface area contributed by atoms with Gasteiger partial charge in [-0.1, -0.05) is 24.3 Å². The maximum atomic E-state index is 11.9. The highest BCUT2D eigenvalue weighted by Crippen LogP contribution is 2.46. The quantitative estimate of drug-likeness (QED) is 0.711. The van der Waals surface area contributed by atoms with E-state index in [0.717, 1.165) is 24.0 Å². The van der Waals surface area contributed by atoms with Crippen LogP contribution in [0.4, 0.5) is 0 Å². The fraction of sp³-hybridized carbons (Fsp3) is 0.400. The predicted octanol–water partition coefficient (Wildman–Crippen LogP) is 2.35. The molecule has 1 aliphatic carbocycles. The second kappa shape index (κ2) is 3.95. The number of carbonyl (C=O) groups excluding carboxylic acids is 1. The monoisotopic (exact) mass is 244 g/mol. The van der Waals surface area contributed by atoms with Crippen molar-refractivity contribution in [1.82, 2.24) is 0 Å². The van der Waals surface area contributed by atoms with Crippen LogP contribution in [0.25, 0.3) is 5.57 Å². The number of carbonyl (C=O) groups is 1. The molecule has 0 amide bonds. The van der Waals surface area contributed by atoms with Gasteiger partial charge >= 0.3 is 5.97 Å². The van der Waals surface area contributed by atoms with Crippen LogP contribution in [0, 0.1) is 0 Å². The van der Waals surface area contributed by atoms with E-state index in [4.69, 9.17) is 9.47 Å². The van der Waals surface area contributed by atoms with Gasteiger partial charge in [0.25, 0.3) is 0 Å². The van der Waals surface area contributed by atoms with E-state index in [1.165, 1.54) is 12.7 Å². The van der Waals surface area contributed by atoms with Crippen LogP contribution in [-0.2, 0) is 20.7 Å². The standard InChI is InChI=1S/C15H16O3/c1-15-8-7-10-5-3-4-6-11(10)13(15)12(9-18-15)14(16)17-2/h3-6H,7-9H2,1-2H3. The highest BCUT2D eigenvalue weighted by molar-refractivity contribution is 6.01. The molecule has 3 nitrogen and oxygen atoms in total. The Bertz CT molecular complexity index is 544. The molecule has 0 radical (unpaired) electrons. The van der Waals surface area contributed by atoms with Crippen LogP contribution in [0.2, 0.25) is 0 Å². The largest absolute Gasteiger partial charge is 0.466 e. The van der Waals surface area contributed by atoms with Crippen molar-refractivity contribution in [3.8, 4) is 0 Å². The molecule has 0 saturated carbocycles. The zero-order valence-electron chi connectivity index (χ0n) is 10.7. The summed E-state index contributed by atoms with van der Waals surface area (Å²) in [6, 6.07) is 8.23. The Kier molecular flexibility index (Phi) is 2.52. The first-order valence-electron chi connectivity index (χ1n) is 6.20. The number of ether oxygens (including phenoxy) is 2. The molecule has 3 rings (SSSR count). The Balaban J connectivity index is 2.21. The number of methoxy groups -OCH3 is 1. The first-order chi connectivity index (χ1) is 8.65. The Morgan fingerprint density at radius 2 is 2.17 bits per heavy atom. The van der Waals surface area contributed by atoms with Crippen LogP contribution in [-0.4, -0.2) is 25.3 Å². The second-order valence-corrected chi connectivity index (χ2v) is 5.02. The van der Waals surface area contributed by atoms with Gasteiger partial charge in [0.1, 0.15) is 0 Å². The topological polar surface area (TPSA) is 35.5 Å². The van der Waals surface area contributed by atoms with Gasteiger partial charge in [-0.2, -0.15) is 0 Å². The van der Waals surface area contributed by atoms with Crippen molar-refractivity contribution in [1.29, 1.82) is 0 Å². The predicted molar refractivity (Wildman–Crippen MR) is 68.1 cm³/mol. The maximum absolute atomic E-state index is 11.9. The Morgan fingerprint density at radius 3 is 2.94 bits per heavy atom. The summed E-state index contributed by atoms with van der Waals surface area (Å²) in [6.45, 7) is 2.42. The lowest BCUT2D eigenvalue weighted by Crippen LogP contribution is -2.31. The average molecular weight is 244 g/mol. The van der Waals surface area contributed by atoms with Gasteiger partial charge in [-0.15, -0.1) is 0 Å². The van der Waals surface area contributed by atoms with Crippen molar-refractivity contribution < 1.29 is 14.3 Å². The number of benzene rings is 1. The summed E-state index contributed by atoms with van der Waals surface area (Å²) in [7, 11) is 1.42. The van der Waals surface area contributed by atoms with E-state index in [-0.39, 0.29) is 11.6 Å². The van der Waals surface area contributed by atoms with Crippen molar-refractivity contribution in [3.05, 3.63) is 41.0 Å². The van der Waals surface area contributed by atoms with E-state index in [1.54, 1.807) is 0 Å². The lowest BCUT2D eigenvalue weighted by Gasteiger charge is -2.33. The van der Waals surface area contributed by atoms with E-state index >= 15 is 0 Å². The van der Waals surface area contributed by atoms with Gasteiger partial charge in [0, 0.05) is 5.57 Å². The summed E-state index contributed by atoms with van der Waals surface area (Å²) in [5.74, 6) is -0.273. The molecule has 1 aliphatic heterocycles. The Hall–Kier alpha value is -1.61. The summed E-state index contributed by atoms with van der Waals surface area (Å²) in [5.41, 5.74) is 3.79. The molecule has 94 valence electrons. The number of aryl methyl sites for hydroxylation is 1. The Labute approximate surface area is 106 Å². The molecule has 1 atom stereocenters. The lowest BCUT2D eigenvalue weighted by molar-refractivity contribution is -0.136. The SMILES string of the molecule is COC(=O)C1=C2c3ccccc3CCC2(C)OC1. The van der Waals surface area contributed by atoms with E-state index < -0.39 is 0 Å². The summed E-state index contributed by atoms with van der Waals surface area (Å²) in [4.78, 5) is 11.9. The molecule has 0 fully saturated rings. The molecule has 1 aromatic carbocycles. The molecular weight excluding hydrogens is 228 g/mol. The minimum atomic E-state index is -0.335. The van der Waals surface area contributed by atoms with Crippen molar-refractivity contribution in [2.24, 2.45) is 0 Å². The molecule has 0 spiro atoms. The van der Waals surface area contributed by atoms with Gasteiger partial charge in [-0.05, 0) is 30.9 Å². The van der Waals surface area contributed by atoms with Crippen LogP contribution in [0.1, 0.15) is 24.5 Å². The third-order valence-corrected chi connectivity index (χ3v) is 3.96. The first-order valence-corrected chi connectivity index (χ1v) is 6.20. The zero-order valence-corrected chi connectivity index (χ0v) is 10.7. The number of fused-ring (bicyclic) bond motifs is 3. The zero-order chi connectivity index (χ0) is 12.8. The van der Waals surface area contributed by atoms with Crippen molar-refractivity contribution >= 4 is 11.5 Å². The summed E-state index contributed by atoms with van der Waals surface area (Å²) >= 11 is 0. The number of esters is 1. The minimum absolute atomic E-state index is 0.273. The van der Waals surface area contributed by atoms with Crippen LogP contribution < -0.4 is 0 Å². The van der Waals surface area contributed by atoms with Crippen LogP contribution >= 0.6 is 0 Å². The van der Waals surface area contributed by atoms with Gasteiger partial charge in [0.2, 0.25) is 0 Å². The van der Waals surface area contributed by atoms with E-state index in [9.17, 15) is 4.79 Å². The molecule has 0 aromatic heterocycles. The molecule has 1 heterocycles. The fourth-order valence-electron chi connectivity index (χ4n) is 2.98. The molecule has 18 heavy (non-hydrogen) atoms. The molecule has 0 saturated heterocycles. The minimum Gasteiger partial charge on any atom is -0.466 e. The normalized spacial score (nSPS) is 25.7. The van der Waals surface area contributed by atoms with Gasteiger partial charge in [-0.3, -0.25) is 0 Å². The van der Waals surface area contributed by atoms with Gasteiger partial charge < -0.3 is 9.47 Å². The lowest BCUT2D eigenvalue weighted by atomic mass is 9.76. The number of rotatable bonds is 1. The van der Waals surface area contributed by atoms with Gasteiger partial charge in [0.15, 0.2) is 0 Å². The van der Waals surface area contributed by atoms with Crippen LogP contribution in [0.15, 0.2) is 29.8 Å². The first kappa shape index (κ1) is 11.5.